The summed E-state index contributed by atoms with van der Waals surface area (Å²) in [6, 6.07) is 0. The molecular weight excluding hydrogens is 178 g/mol. The first kappa shape index (κ1) is 11.7. The highest BCUT2D eigenvalue weighted by atomic mass is 35.5. The lowest BCUT2D eigenvalue weighted by molar-refractivity contribution is -0.129. The number of carbonyl (C=O) groups excluding carboxylic acids is 1. The molecule has 0 aromatic carbocycles. The summed E-state index contributed by atoms with van der Waals surface area (Å²) in [7, 11) is 3.44. The maximum absolute atomic E-state index is 11.1. The van der Waals surface area contributed by atoms with Gasteiger partial charge in [0.2, 0.25) is 5.91 Å². The number of rotatable bonds is 6. The van der Waals surface area contributed by atoms with E-state index in [1.165, 1.54) is 0 Å². The molecule has 0 saturated carbocycles. The number of carbonyl (C=O) groups is 1. The van der Waals surface area contributed by atoms with Crippen LogP contribution in [0.1, 0.15) is 12.8 Å². The van der Waals surface area contributed by atoms with E-state index in [2.05, 4.69) is 0 Å². The summed E-state index contributed by atoms with van der Waals surface area (Å²) in [5.41, 5.74) is 0. The fourth-order valence-electron chi connectivity index (χ4n) is 0.842. The number of halogens is 1. The van der Waals surface area contributed by atoms with E-state index < -0.39 is 0 Å². The van der Waals surface area contributed by atoms with Gasteiger partial charge in [-0.1, -0.05) is 0 Å². The molecule has 0 unspecified atom stereocenters. The minimum Gasteiger partial charge on any atom is -0.385 e. The average molecular weight is 194 g/mol. The summed E-state index contributed by atoms with van der Waals surface area (Å²) >= 11 is 5.43. The number of nitrogens with zero attached hydrogens (tertiary/aromatic N) is 1. The number of hydrogen-bond donors (Lipinski definition) is 0. The van der Waals surface area contributed by atoms with E-state index in [0.29, 0.717) is 18.9 Å². The van der Waals surface area contributed by atoms with E-state index in [-0.39, 0.29) is 5.91 Å². The molecule has 3 nitrogen and oxygen atoms in total. The Morgan fingerprint density at radius 2 is 2.25 bits per heavy atom. The first-order valence-corrected chi connectivity index (χ1v) is 4.54. The van der Waals surface area contributed by atoms with E-state index in [9.17, 15) is 4.79 Å². The van der Waals surface area contributed by atoms with Crippen molar-refractivity contribution in [3.63, 3.8) is 0 Å². The van der Waals surface area contributed by atoms with Crippen LogP contribution in [0.15, 0.2) is 0 Å². The lowest BCUT2D eigenvalue weighted by Gasteiger charge is -2.15. The second kappa shape index (κ2) is 7.37. The Labute approximate surface area is 78.6 Å². The Bertz CT molecular complexity index is 130. The Kier molecular flexibility index (Phi) is 7.20. The van der Waals surface area contributed by atoms with E-state index in [0.717, 1.165) is 13.0 Å². The molecule has 0 rings (SSSR count). The molecule has 0 bridgehead atoms. The SMILES string of the molecule is COCCCN(C)C(=O)CCCl. The third kappa shape index (κ3) is 5.38. The lowest BCUT2D eigenvalue weighted by atomic mass is 10.3. The highest BCUT2D eigenvalue weighted by molar-refractivity contribution is 6.18. The van der Waals surface area contributed by atoms with Gasteiger partial charge >= 0.3 is 0 Å². The third-order valence-corrected chi connectivity index (χ3v) is 1.77. The number of amides is 1. The highest BCUT2D eigenvalue weighted by Gasteiger charge is 2.05. The van der Waals surface area contributed by atoms with Crippen LogP contribution in [0.2, 0.25) is 0 Å². The number of methoxy groups -OCH3 is 1. The molecule has 0 aromatic rings. The summed E-state index contributed by atoms with van der Waals surface area (Å²) in [5, 5.41) is 0. The summed E-state index contributed by atoms with van der Waals surface area (Å²) in [6.07, 6.45) is 1.30. The first-order valence-electron chi connectivity index (χ1n) is 4.01. The fourth-order valence-corrected chi connectivity index (χ4v) is 1.00. The van der Waals surface area contributed by atoms with Crippen LogP contribution >= 0.6 is 11.6 Å². The highest BCUT2D eigenvalue weighted by Crippen LogP contribution is 1.94. The summed E-state index contributed by atoms with van der Waals surface area (Å²) < 4.78 is 4.87. The maximum Gasteiger partial charge on any atom is 0.223 e. The van der Waals surface area contributed by atoms with E-state index in [1.807, 2.05) is 0 Å². The molecule has 4 heteroatoms. The van der Waals surface area contributed by atoms with Crippen LogP contribution in [-0.2, 0) is 9.53 Å². The predicted molar refractivity (Wildman–Crippen MR) is 49.5 cm³/mol. The zero-order valence-electron chi connectivity index (χ0n) is 7.68. The van der Waals surface area contributed by atoms with Crippen LogP contribution in [0.5, 0.6) is 0 Å². The molecule has 72 valence electrons. The smallest absolute Gasteiger partial charge is 0.223 e. The zero-order valence-corrected chi connectivity index (χ0v) is 8.43. The fraction of sp³-hybridized carbons (Fsp3) is 0.875. The summed E-state index contributed by atoms with van der Waals surface area (Å²) in [6.45, 7) is 1.43. The standard InChI is InChI=1S/C8H16ClNO2/c1-10(6-3-7-12-2)8(11)4-5-9/h3-7H2,1-2H3. The van der Waals surface area contributed by atoms with E-state index in [4.69, 9.17) is 16.3 Å². The van der Waals surface area contributed by atoms with E-state index in [1.54, 1.807) is 19.1 Å². The van der Waals surface area contributed by atoms with Crippen molar-refractivity contribution in [2.75, 3.05) is 33.2 Å². The van der Waals surface area contributed by atoms with Gasteiger partial charge < -0.3 is 9.64 Å². The van der Waals surface area contributed by atoms with Crippen molar-refractivity contribution in [1.29, 1.82) is 0 Å². The van der Waals surface area contributed by atoms with Gasteiger partial charge in [-0.25, -0.2) is 0 Å². The van der Waals surface area contributed by atoms with Crippen LogP contribution in [0, 0.1) is 0 Å². The molecule has 1 amide bonds. The molecule has 0 aliphatic rings. The normalized spacial score (nSPS) is 9.92. The molecule has 0 aromatic heterocycles. The topological polar surface area (TPSA) is 29.5 Å². The van der Waals surface area contributed by atoms with Crippen LogP contribution in [-0.4, -0.2) is 44.0 Å². The molecule has 0 fully saturated rings. The molecule has 0 aliphatic heterocycles. The van der Waals surface area contributed by atoms with Gasteiger partial charge in [0.05, 0.1) is 0 Å². The van der Waals surface area contributed by atoms with Crippen molar-refractivity contribution in [3.8, 4) is 0 Å². The van der Waals surface area contributed by atoms with Crippen molar-refractivity contribution in [2.24, 2.45) is 0 Å². The van der Waals surface area contributed by atoms with Crippen molar-refractivity contribution < 1.29 is 9.53 Å². The molecule has 0 saturated heterocycles. The second-order valence-corrected chi connectivity index (χ2v) is 2.98. The van der Waals surface area contributed by atoms with Crippen molar-refractivity contribution >= 4 is 17.5 Å². The van der Waals surface area contributed by atoms with Crippen LogP contribution in [0.25, 0.3) is 0 Å². The molecule has 0 radical (unpaired) electrons. The average Bonchev–Trinajstić information content (AvgIpc) is 2.05. The molecular formula is C8H16ClNO2. The quantitative estimate of drug-likeness (QED) is 0.467. The second-order valence-electron chi connectivity index (χ2n) is 2.60. The largest absolute Gasteiger partial charge is 0.385 e. The molecule has 0 spiro atoms. The Hall–Kier alpha value is -0.280. The summed E-state index contributed by atoms with van der Waals surface area (Å²) in [4.78, 5) is 12.8. The van der Waals surface area contributed by atoms with Crippen molar-refractivity contribution in [3.05, 3.63) is 0 Å². The Morgan fingerprint density at radius 1 is 1.58 bits per heavy atom. The molecule has 0 heterocycles. The van der Waals surface area contributed by atoms with Gasteiger partial charge in [-0.05, 0) is 6.42 Å². The Morgan fingerprint density at radius 3 is 2.75 bits per heavy atom. The minimum atomic E-state index is 0.0982. The van der Waals surface area contributed by atoms with Crippen LogP contribution < -0.4 is 0 Å². The van der Waals surface area contributed by atoms with Crippen LogP contribution in [0.4, 0.5) is 0 Å². The third-order valence-electron chi connectivity index (χ3n) is 1.58. The summed E-state index contributed by atoms with van der Waals surface area (Å²) in [5.74, 6) is 0.495. The predicted octanol–water partition coefficient (Wildman–Crippen LogP) is 1.11. The maximum atomic E-state index is 11.1. The number of ether oxygens (including phenoxy) is 1. The van der Waals surface area contributed by atoms with Gasteiger partial charge in [0.25, 0.3) is 0 Å². The number of hydrogen-bond acceptors (Lipinski definition) is 2. The van der Waals surface area contributed by atoms with Crippen molar-refractivity contribution in [2.45, 2.75) is 12.8 Å². The van der Waals surface area contributed by atoms with Gasteiger partial charge in [-0.3, -0.25) is 4.79 Å². The van der Waals surface area contributed by atoms with Gasteiger partial charge in [-0.2, -0.15) is 0 Å². The minimum absolute atomic E-state index is 0.0982. The zero-order chi connectivity index (χ0) is 9.40. The molecule has 0 aliphatic carbocycles. The molecule has 12 heavy (non-hydrogen) atoms. The van der Waals surface area contributed by atoms with Crippen molar-refractivity contribution in [1.82, 2.24) is 4.90 Å². The van der Waals surface area contributed by atoms with Gasteiger partial charge in [-0.15, -0.1) is 11.6 Å². The van der Waals surface area contributed by atoms with E-state index >= 15 is 0 Å². The van der Waals surface area contributed by atoms with Crippen LogP contribution in [0.3, 0.4) is 0 Å². The van der Waals surface area contributed by atoms with Gasteiger partial charge in [0.15, 0.2) is 0 Å². The molecule has 0 N–H and O–H groups in total. The van der Waals surface area contributed by atoms with Gasteiger partial charge in [0.1, 0.15) is 0 Å². The lowest BCUT2D eigenvalue weighted by Crippen LogP contribution is -2.28. The first-order chi connectivity index (χ1) is 5.72. The molecule has 0 atom stereocenters. The Balaban J connectivity index is 3.42. The monoisotopic (exact) mass is 193 g/mol. The van der Waals surface area contributed by atoms with Gasteiger partial charge in [0, 0.05) is 39.6 Å². The number of alkyl halides is 1.